The van der Waals surface area contributed by atoms with Crippen molar-refractivity contribution in [3.63, 3.8) is 0 Å². The van der Waals surface area contributed by atoms with Crippen LogP contribution in [0.15, 0.2) is 54.7 Å². The molecule has 5 aliphatic rings. The first-order chi connectivity index (χ1) is 15.0. The lowest BCUT2D eigenvalue weighted by molar-refractivity contribution is -0.160. The molecule has 0 aliphatic carbocycles. The van der Waals surface area contributed by atoms with E-state index >= 15 is 0 Å². The van der Waals surface area contributed by atoms with E-state index in [-0.39, 0.29) is 11.8 Å². The van der Waals surface area contributed by atoms with Gasteiger partial charge in [-0.1, -0.05) is 47.2 Å². The van der Waals surface area contributed by atoms with Gasteiger partial charge in [0, 0.05) is 29.8 Å². The Morgan fingerprint density at radius 2 is 1.84 bits per heavy atom. The minimum atomic E-state index is -1.38. The van der Waals surface area contributed by atoms with Gasteiger partial charge in [-0.05, 0) is 34.1 Å². The van der Waals surface area contributed by atoms with Gasteiger partial charge in [0.05, 0.1) is 5.41 Å². The highest BCUT2D eigenvalue weighted by atomic mass is 33.1. The molecule has 2 aromatic carbocycles. The number of benzene rings is 2. The van der Waals surface area contributed by atoms with E-state index < -0.39 is 27.9 Å². The van der Waals surface area contributed by atoms with E-state index in [1.54, 1.807) is 11.9 Å². The van der Waals surface area contributed by atoms with Crippen LogP contribution < -0.4 is 5.32 Å². The van der Waals surface area contributed by atoms with Crippen molar-refractivity contribution in [2.75, 3.05) is 12.4 Å². The molecule has 31 heavy (non-hydrogen) atoms. The van der Waals surface area contributed by atoms with Gasteiger partial charge >= 0.3 is 0 Å². The molecule has 2 bridgehead atoms. The van der Waals surface area contributed by atoms with Crippen LogP contribution in [0, 0.1) is 0 Å². The SMILES string of the molecule is CN1C(=O)[C@]23SSC1C(=O)N2[C@H]1Nc2ccccc2[C@@]1(c1c[nH]c2ccccc12)[C@@H]3O. The number of piperazine rings is 1. The van der Waals surface area contributed by atoms with Gasteiger partial charge in [-0.15, -0.1) is 0 Å². The molecule has 8 rings (SSSR count). The number of amides is 2. The van der Waals surface area contributed by atoms with Gasteiger partial charge in [-0.2, -0.15) is 0 Å². The van der Waals surface area contributed by atoms with Crippen LogP contribution in [0.4, 0.5) is 5.69 Å². The highest BCUT2D eigenvalue weighted by Crippen LogP contribution is 2.67. The predicted octanol–water partition coefficient (Wildman–Crippen LogP) is 2.30. The summed E-state index contributed by atoms with van der Waals surface area (Å²) in [5.74, 6) is -0.363. The number of fused-ring (bicyclic) bond motifs is 6. The third kappa shape index (κ3) is 1.75. The summed E-state index contributed by atoms with van der Waals surface area (Å²) >= 11 is 0. The van der Waals surface area contributed by atoms with E-state index in [0.717, 1.165) is 27.7 Å². The zero-order valence-corrected chi connectivity index (χ0v) is 18.0. The molecule has 3 N–H and O–H groups in total. The van der Waals surface area contributed by atoms with Crippen molar-refractivity contribution >= 4 is 50.0 Å². The number of rotatable bonds is 1. The van der Waals surface area contributed by atoms with Crippen LogP contribution in [0.1, 0.15) is 11.1 Å². The van der Waals surface area contributed by atoms with E-state index in [1.165, 1.54) is 26.5 Å². The summed E-state index contributed by atoms with van der Waals surface area (Å²) in [5, 5.41) is 16.1. The van der Waals surface area contributed by atoms with Crippen LogP contribution in [0.5, 0.6) is 0 Å². The molecule has 9 heteroatoms. The number of nitrogens with zero attached hydrogens (tertiary/aromatic N) is 2. The van der Waals surface area contributed by atoms with Crippen molar-refractivity contribution in [3.8, 4) is 0 Å². The molecule has 6 heterocycles. The second-order valence-corrected chi connectivity index (χ2v) is 11.0. The number of H-pyrrole nitrogens is 1. The number of aromatic nitrogens is 1. The number of aliphatic hydroxyl groups is 1. The molecule has 0 saturated carbocycles. The lowest BCUT2D eigenvalue weighted by atomic mass is 9.70. The van der Waals surface area contributed by atoms with Crippen molar-refractivity contribution in [2.24, 2.45) is 0 Å². The molecule has 1 aromatic heterocycles. The fourth-order valence-corrected chi connectivity index (χ4v) is 9.43. The second-order valence-electron chi connectivity index (χ2n) is 8.46. The van der Waals surface area contributed by atoms with Crippen molar-refractivity contribution < 1.29 is 14.7 Å². The molecule has 2 amide bonds. The maximum absolute atomic E-state index is 13.6. The van der Waals surface area contributed by atoms with Gasteiger partial charge in [0.15, 0.2) is 5.37 Å². The minimum absolute atomic E-state index is 0.142. The first-order valence-corrected chi connectivity index (χ1v) is 12.3. The van der Waals surface area contributed by atoms with E-state index in [0.29, 0.717) is 0 Å². The predicted molar refractivity (Wildman–Crippen MR) is 120 cm³/mol. The Hall–Kier alpha value is -2.62. The van der Waals surface area contributed by atoms with Crippen LogP contribution in [0.25, 0.3) is 10.9 Å². The zero-order valence-electron chi connectivity index (χ0n) is 16.4. The molecule has 156 valence electrons. The summed E-state index contributed by atoms with van der Waals surface area (Å²) in [6, 6.07) is 15.8. The number of hydrogen-bond donors (Lipinski definition) is 3. The quantitative estimate of drug-likeness (QED) is 0.493. The largest absolute Gasteiger partial charge is 0.388 e. The number of anilines is 1. The van der Waals surface area contributed by atoms with Crippen LogP contribution >= 0.6 is 21.6 Å². The summed E-state index contributed by atoms with van der Waals surface area (Å²) in [6.07, 6.45) is 0.209. The van der Waals surface area contributed by atoms with E-state index in [1.807, 2.05) is 54.7 Å². The molecule has 0 radical (unpaired) electrons. The summed E-state index contributed by atoms with van der Waals surface area (Å²) in [6.45, 7) is 0. The average Bonchev–Trinajstić information content (AvgIpc) is 3.41. The first kappa shape index (κ1) is 18.0. The van der Waals surface area contributed by atoms with E-state index in [4.69, 9.17) is 0 Å². The Morgan fingerprint density at radius 1 is 1.06 bits per heavy atom. The maximum Gasteiger partial charge on any atom is 0.263 e. The molecule has 3 aromatic rings. The van der Waals surface area contributed by atoms with Crippen molar-refractivity contribution in [3.05, 3.63) is 65.9 Å². The molecule has 7 nitrogen and oxygen atoms in total. The summed E-state index contributed by atoms with van der Waals surface area (Å²) in [5.41, 5.74) is 2.62. The average molecular weight is 451 g/mol. The molecular weight excluding hydrogens is 432 g/mol. The number of likely N-dealkylation sites (N-methyl/N-ethyl adjacent to an activating group) is 1. The number of nitrogens with one attached hydrogen (secondary N) is 2. The fraction of sp³-hybridized carbons (Fsp3) is 0.273. The zero-order chi connectivity index (χ0) is 21.1. The van der Waals surface area contributed by atoms with E-state index in [2.05, 4.69) is 10.3 Å². The lowest BCUT2D eigenvalue weighted by Crippen LogP contribution is -2.73. The topological polar surface area (TPSA) is 88.7 Å². The lowest BCUT2D eigenvalue weighted by Gasteiger charge is -2.53. The van der Waals surface area contributed by atoms with E-state index in [9.17, 15) is 14.7 Å². The van der Waals surface area contributed by atoms with Crippen LogP contribution in [0.2, 0.25) is 0 Å². The van der Waals surface area contributed by atoms with Crippen LogP contribution in [-0.4, -0.2) is 61.3 Å². The third-order valence-electron chi connectivity index (χ3n) is 7.24. The highest BCUT2D eigenvalue weighted by Gasteiger charge is 2.80. The number of carbonyl (C=O) groups excluding carboxylic acids is 2. The molecular formula is C22H18N4O3S2. The van der Waals surface area contributed by atoms with Crippen molar-refractivity contribution in [1.82, 2.24) is 14.8 Å². The Kier molecular flexibility index (Phi) is 3.25. The van der Waals surface area contributed by atoms with Crippen LogP contribution in [-0.2, 0) is 15.0 Å². The molecule has 1 unspecified atom stereocenters. The van der Waals surface area contributed by atoms with Gasteiger partial charge in [0.1, 0.15) is 12.3 Å². The van der Waals surface area contributed by atoms with Crippen LogP contribution in [0.3, 0.4) is 0 Å². The number of carbonyl (C=O) groups is 2. The van der Waals surface area contributed by atoms with Gasteiger partial charge in [0.2, 0.25) is 4.87 Å². The Labute approximate surface area is 185 Å². The second kappa shape index (κ2) is 5.59. The highest BCUT2D eigenvalue weighted by molar-refractivity contribution is 8.78. The number of hydrogen-bond acceptors (Lipinski definition) is 6. The number of para-hydroxylation sites is 2. The molecule has 5 aliphatic heterocycles. The van der Waals surface area contributed by atoms with Crippen molar-refractivity contribution in [2.45, 2.75) is 27.9 Å². The monoisotopic (exact) mass is 450 g/mol. The summed E-state index contributed by atoms with van der Waals surface area (Å²) in [7, 11) is 4.33. The minimum Gasteiger partial charge on any atom is -0.388 e. The molecule has 1 spiro atoms. The molecule has 4 fully saturated rings. The normalized spacial score (nSPS) is 35.4. The Morgan fingerprint density at radius 3 is 2.71 bits per heavy atom. The fourth-order valence-electron chi connectivity index (χ4n) is 5.93. The van der Waals surface area contributed by atoms with Crippen molar-refractivity contribution in [1.29, 1.82) is 0 Å². The molecule has 5 atom stereocenters. The number of aliphatic hydroxyl groups excluding tert-OH is 1. The van der Waals surface area contributed by atoms with Gasteiger partial charge in [0.25, 0.3) is 11.8 Å². The Balaban J connectivity index is 1.59. The summed E-state index contributed by atoms with van der Waals surface area (Å²) in [4.78, 5) is 32.2. The Bertz CT molecular complexity index is 1310. The smallest absolute Gasteiger partial charge is 0.263 e. The van der Waals surface area contributed by atoms with Gasteiger partial charge in [-0.3, -0.25) is 14.5 Å². The van der Waals surface area contributed by atoms with Gasteiger partial charge in [-0.25, -0.2) is 0 Å². The maximum atomic E-state index is 13.6. The molecule has 4 saturated heterocycles. The standard InChI is InChI=1S/C22H18N4O3S2/c1-25-17-16(27)26-19-21(12-7-3-5-9-15(12)24-19,18(28)22(26,20(25)29)31-30-17)13-10-23-14-8-4-2-6-11(13)14/h2-10,17-19,23-24,28H,1H3/t17?,18-,19+,21+,22-/m0/s1. The first-order valence-electron chi connectivity index (χ1n) is 10.1. The number of aromatic amines is 1. The summed E-state index contributed by atoms with van der Waals surface area (Å²) < 4.78 is 0. The third-order valence-corrected chi connectivity index (χ3v) is 10.5. The van der Waals surface area contributed by atoms with Gasteiger partial charge < -0.3 is 20.3 Å².